The lowest BCUT2D eigenvalue weighted by molar-refractivity contribution is -0.153. The minimum Gasteiger partial charge on any atom is -0.483 e. The van der Waals surface area contributed by atoms with Crippen molar-refractivity contribution in [2.75, 3.05) is 29.5 Å². The molecule has 0 radical (unpaired) electrons. The monoisotopic (exact) mass is 487 g/mol. The summed E-state index contributed by atoms with van der Waals surface area (Å²) < 4.78 is 39.7. The summed E-state index contributed by atoms with van der Waals surface area (Å²) in [5, 5.41) is 0.830. The average Bonchev–Trinajstić information content (AvgIpc) is 2.73. The number of ether oxygens (including phenoxy) is 1. The van der Waals surface area contributed by atoms with Gasteiger partial charge in [0.1, 0.15) is 5.75 Å². The van der Waals surface area contributed by atoms with E-state index in [9.17, 15) is 13.2 Å². The Kier molecular flexibility index (Phi) is 8.06. The number of piperidine rings is 1. The van der Waals surface area contributed by atoms with Gasteiger partial charge in [0.05, 0.1) is 15.7 Å². The Labute approximate surface area is 195 Å². The highest BCUT2D eigenvalue weighted by molar-refractivity contribution is 6.33. The predicted octanol–water partition coefficient (Wildman–Crippen LogP) is 7.07. The van der Waals surface area contributed by atoms with Crippen LogP contribution in [-0.4, -0.2) is 19.3 Å². The van der Waals surface area contributed by atoms with Gasteiger partial charge in [-0.25, -0.2) is 0 Å². The first-order chi connectivity index (χ1) is 15.1. The third kappa shape index (κ3) is 6.62. The fourth-order valence-corrected chi connectivity index (χ4v) is 4.51. The Hall–Kier alpha value is -2.25. The second kappa shape index (κ2) is 10.6. The number of rotatable bonds is 3. The van der Waals surface area contributed by atoms with Crippen LogP contribution in [0.2, 0.25) is 10.0 Å². The standard InChI is InChI=1S/C15H19ClN2.C8H7ClF3NO/c16-13-10-12(17)7-8-15(13)18-9-3-5-11-4-1-2-6-14(11)18;9-6-3-5(13)1-2-7(6)14-4-8(10,11)12/h6-8,10-11H,1-5,9,17H2;1-3H,4,13H2. The molecule has 0 amide bonds. The Morgan fingerprint density at radius 2 is 1.62 bits per heavy atom. The van der Waals surface area contributed by atoms with Gasteiger partial charge in [-0.2, -0.15) is 13.2 Å². The molecule has 2 aromatic rings. The largest absolute Gasteiger partial charge is 0.483 e. The van der Waals surface area contributed by atoms with Crippen LogP contribution in [0.5, 0.6) is 5.75 Å². The molecule has 32 heavy (non-hydrogen) atoms. The smallest absolute Gasteiger partial charge is 0.422 e. The molecule has 1 saturated heterocycles. The molecule has 9 heteroatoms. The van der Waals surface area contributed by atoms with Gasteiger partial charge in [-0.15, -0.1) is 0 Å². The first kappa shape index (κ1) is 24.4. The highest BCUT2D eigenvalue weighted by Gasteiger charge is 2.29. The molecule has 1 atom stereocenters. The van der Waals surface area contributed by atoms with Crippen molar-refractivity contribution in [3.8, 4) is 5.75 Å². The SMILES string of the molecule is Nc1ccc(N2CCCC3CCCC=C32)c(Cl)c1.Nc1ccc(OCC(F)(F)F)c(Cl)c1. The van der Waals surface area contributed by atoms with Crippen LogP contribution in [0.3, 0.4) is 0 Å². The van der Waals surface area contributed by atoms with Crippen molar-refractivity contribution in [3.05, 3.63) is 58.2 Å². The maximum atomic E-state index is 11.8. The van der Waals surface area contributed by atoms with Crippen molar-refractivity contribution in [1.82, 2.24) is 0 Å². The zero-order valence-corrected chi connectivity index (χ0v) is 19.0. The van der Waals surface area contributed by atoms with Gasteiger partial charge in [0.25, 0.3) is 0 Å². The van der Waals surface area contributed by atoms with Crippen molar-refractivity contribution in [3.63, 3.8) is 0 Å². The van der Waals surface area contributed by atoms with E-state index in [0.717, 1.165) is 28.9 Å². The molecule has 174 valence electrons. The third-order valence-corrected chi connectivity index (χ3v) is 5.98. The van der Waals surface area contributed by atoms with Gasteiger partial charge >= 0.3 is 6.18 Å². The number of halogens is 5. The van der Waals surface area contributed by atoms with E-state index in [-0.39, 0.29) is 10.8 Å². The van der Waals surface area contributed by atoms with Crippen LogP contribution in [0.1, 0.15) is 32.1 Å². The summed E-state index contributed by atoms with van der Waals surface area (Å²) in [6, 6.07) is 9.88. The quantitative estimate of drug-likeness (QED) is 0.454. The number of allylic oxidation sites excluding steroid dienone is 2. The molecule has 1 unspecified atom stereocenters. The van der Waals surface area contributed by atoms with Gasteiger partial charge in [-0.1, -0.05) is 29.3 Å². The van der Waals surface area contributed by atoms with Crippen molar-refractivity contribution in [2.45, 2.75) is 38.3 Å². The minimum absolute atomic E-state index is 0.0295. The van der Waals surface area contributed by atoms with Crippen LogP contribution in [0, 0.1) is 5.92 Å². The molecule has 0 aromatic heterocycles. The van der Waals surface area contributed by atoms with Gasteiger partial charge in [0.15, 0.2) is 6.61 Å². The van der Waals surface area contributed by atoms with Gasteiger partial charge in [-0.3, -0.25) is 0 Å². The number of nitrogens with zero attached hydrogens (tertiary/aromatic N) is 1. The molecule has 1 heterocycles. The van der Waals surface area contributed by atoms with Gasteiger partial charge in [-0.05, 0) is 74.4 Å². The number of benzene rings is 2. The maximum Gasteiger partial charge on any atom is 0.422 e. The van der Waals surface area contributed by atoms with Crippen LogP contribution in [0.25, 0.3) is 0 Å². The normalized spacial score (nSPS) is 18.2. The van der Waals surface area contributed by atoms with Gasteiger partial charge < -0.3 is 21.1 Å². The zero-order valence-electron chi connectivity index (χ0n) is 17.5. The second-order valence-corrected chi connectivity index (χ2v) is 8.67. The number of nitrogens with two attached hydrogens (primary N) is 2. The fourth-order valence-electron chi connectivity index (χ4n) is 3.97. The summed E-state index contributed by atoms with van der Waals surface area (Å²) in [7, 11) is 0. The summed E-state index contributed by atoms with van der Waals surface area (Å²) >= 11 is 11.9. The lowest BCUT2D eigenvalue weighted by Crippen LogP contribution is -2.34. The highest BCUT2D eigenvalue weighted by Crippen LogP contribution is 2.40. The first-order valence-electron chi connectivity index (χ1n) is 10.4. The molecule has 4 nitrogen and oxygen atoms in total. The predicted molar refractivity (Wildman–Crippen MR) is 125 cm³/mol. The molecule has 1 fully saturated rings. The topological polar surface area (TPSA) is 64.5 Å². The van der Waals surface area contributed by atoms with Crippen LogP contribution in [0.4, 0.5) is 30.2 Å². The number of nitrogen functional groups attached to an aromatic ring is 2. The fraction of sp³-hybridized carbons (Fsp3) is 0.391. The molecular weight excluding hydrogens is 462 g/mol. The second-order valence-electron chi connectivity index (χ2n) is 7.86. The van der Waals surface area contributed by atoms with Crippen molar-refractivity contribution in [1.29, 1.82) is 0 Å². The summed E-state index contributed by atoms with van der Waals surface area (Å²) in [6.45, 7) is -0.289. The number of hydrogen-bond acceptors (Lipinski definition) is 4. The molecule has 1 aliphatic heterocycles. The molecule has 1 aliphatic carbocycles. The molecule has 0 saturated carbocycles. The van der Waals surface area contributed by atoms with Crippen molar-refractivity contribution < 1.29 is 17.9 Å². The van der Waals surface area contributed by atoms with Crippen LogP contribution >= 0.6 is 23.2 Å². The van der Waals surface area contributed by atoms with E-state index in [0.29, 0.717) is 5.69 Å². The summed E-state index contributed by atoms with van der Waals surface area (Å²) in [5.74, 6) is 0.708. The van der Waals surface area contributed by atoms with E-state index in [1.807, 2.05) is 12.1 Å². The van der Waals surface area contributed by atoms with Gasteiger partial charge in [0.2, 0.25) is 0 Å². The van der Waals surface area contributed by atoms with E-state index >= 15 is 0 Å². The minimum atomic E-state index is -4.37. The third-order valence-electron chi connectivity index (χ3n) is 5.38. The van der Waals surface area contributed by atoms with Crippen LogP contribution in [0.15, 0.2) is 48.2 Å². The molecule has 2 aromatic carbocycles. The molecule has 0 spiro atoms. The van der Waals surface area contributed by atoms with Gasteiger partial charge in [0, 0.05) is 23.6 Å². The Morgan fingerprint density at radius 1 is 0.969 bits per heavy atom. The Balaban J connectivity index is 0.000000188. The van der Waals surface area contributed by atoms with E-state index in [4.69, 9.17) is 34.7 Å². The van der Waals surface area contributed by atoms with Crippen molar-refractivity contribution >= 4 is 40.3 Å². The molecule has 4 rings (SSSR count). The van der Waals surface area contributed by atoms with E-state index in [1.165, 1.54) is 56.0 Å². The molecule has 2 aliphatic rings. The number of hydrogen-bond donors (Lipinski definition) is 2. The van der Waals surface area contributed by atoms with Crippen LogP contribution < -0.4 is 21.1 Å². The molecule has 4 N–H and O–H groups in total. The number of alkyl halides is 3. The number of fused-ring (bicyclic) bond motifs is 1. The summed E-state index contributed by atoms with van der Waals surface area (Å²) in [6.07, 6.45) is 4.48. The summed E-state index contributed by atoms with van der Waals surface area (Å²) in [5.41, 5.74) is 14.8. The highest BCUT2D eigenvalue weighted by atomic mass is 35.5. The molecular formula is C23H26Cl2F3N3O. The lowest BCUT2D eigenvalue weighted by Gasteiger charge is -2.39. The Bertz CT molecular complexity index is 966. The molecule has 0 bridgehead atoms. The average molecular weight is 488 g/mol. The van der Waals surface area contributed by atoms with Crippen LogP contribution in [-0.2, 0) is 0 Å². The lowest BCUT2D eigenvalue weighted by atomic mass is 9.84. The van der Waals surface area contributed by atoms with E-state index in [2.05, 4.69) is 21.8 Å². The maximum absolute atomic E-state index is 11.8. The van der Waals surface area contributed by atoms with E-state index in [1.54, 1.807) is 0 Å². The Morgan fingerprint density at radius 3 is 2.28 bits per heavy atom. The first-order valence-corrected chi connectivity index (χ1v) is 11.2. The number of anilines is 3. The zero-order chi connectivity index (χ0) is 23.3. The summed E-state index contributed by atoms with van der Waals surface area (Å²) in [4.78, 5) is 2.40. The van der Waals surface area contributed by atoms with Crippen molar-refractivity contribution in [2.24, 2.45) is 5.92 Å². The van der Waals surface area contributed by atoms with E-state index < -0.39 is 12.8 Å².